The van der Waals surface area contributed by atoms with Gasteiger partial charge in [-0.1, -0.05) is 6.08 Å². The first-order chi connectivity index (χ1) is 11.6. The minimum absolute atomic E-state index is 0.0587. The monoisotopic (exact) mass is 336 g/mol. The quantitative estimate of drug-likeness (QED) is 0.647. The van der Waals surface area contributed by atoms with Gasteiger partial charge in [-0.2, -0.15) is 0 Å². The number of hydrogen-bond donors (Lipinski definition) is 1. The molecule has 3 aliphatic rings. The first-order valence-corrected chi connectivity index (χ1v) is 8.99. The molecule has 6 heteroatoms. The summed E-state index contributed by atoms with van der Waals surface area (Å²) >= 11 is 0. The standard InChI is InChI=1S/C18H28N2O4/c1-23-9-10-24-12-16(21)19-13-18-7-2-3-15(18)20(11-14-4-5-14)17(22)6-8-18/h3,14H,2,4-13H2,1H3,(H,19,21). The maximum absolute atomic E-state index is 12.3. The highest BCUT2D eigenvalue weighted by Gasteiger charge is 2.46. The van der Waals surface area contributed by atoms with Gasteiger partial charge in [-0.15, -0.1) is 0 Å². The van der Waals surface area contributed by atoms with Crippen molar-refractivity contribution in [3.05, 3.63) is 11.8 Å². The Morgan fingerprint density at radius 2 is 2.21 bits per heavy atom. The van der Waals surface area contributed by atoms with E-state index in [-0.39, 0.29) is 23.8 Å². The molecule has 1 atom stereocenters. The molecule has 0 radical (unpaired) electrons. The van der Waals surface area contributed by atoms with Gasteiger partial charge in [0, 0.05) is 37.7 Å². The van der Waals surface area contributed by atoms with Gasteiger partial charge in [0.1, 0.15) is 6.61 Å². The van der Waals surface area contributed by atoms with Gasteiger partial charge in [0.05, 0.1) is 13.2 Å². The Morgan fingerprint density at radius 3 is 2.96 bits per heavy atom. The second-order valence-electron chi connectivity index (χ2n) is 7.18. The summed E-state index contributed by atoms with van der Waals surface area (Å²) in [6, 6.07) is 0. The summed E-state index contributed by atoms with van der Waals surface area (Å²) in [6.07, 6.45) is 8.11. The lowest BCUT2D eigenvalue weighted by Crippen LogP contribution is -2.49. The molecule has 0 aromatic heterocycles. The molecule has 1 saturated heterocycles. The summed E-state index contributed by atoms with van der Waals surface area (Å²) in [4.78, 5) is 26.3. The summed E-state index contributed by atoms with van der Waals surface area (Å²) in [6.45, 7) is 2.43. The molecule has 6 nitrogen and oxygen atoms in total. The summed E-state index contributed by atoms with van der Waals surface area (Å²) < 4.78 is 10.2. The number of nitrogens with zero attached hydrogens (tertiary/aromatic N) is 1. The highest BCUT2D eigenvalue weighted by atomic mass is 16.5. The number of carbonyl (C=O) groups excluding carboxylic acids is 2. The van der Waals surface area contributed by atoms with Crippen LogP contribution in [0.25, 0.3) is 0 Å². The molecule has 1 heterocycles. The van der Waals surface area contributed by atoms with E-state index in [4.69, 9.17) is 9.47 Å². The molecule has 2 aliphatic carbocycles. The van der Waals surface area contributed by atoms with Crippen molar-refractivity contribution in [1.82, 2.24) is 10.2 Å². The topological polar surface area (TPSA) is 67.9 Å². The van der Waals surface area contributed by atoms with Crippen molar-refractivity contribution >= 4 is 11.8 Å². The third-order valence-electron chi connectivity index (χ3n) is 5.34. The van der Waals surface area contributed by atoms with E-state index in [2.05, 4.69) is 11.4 Å². The molecule has 24 heavy (non-hydrogen) atoms. The zero-order chi connectivity index (χ0) is 17.0. The van der Waals surface area contributed by atoms with E-state index in [9.17, 15) is 9.59 Å². The van der Waals surface area contributed by atoms with Crippen molar-refractivity contribution < 1.29 is 19.1 Å². The lowest BCUT2D eigenvalue weighted by Gasteiger charge is -2.42. The highest BCUT2D eigenvalue weighted by molar-refractivity contribution is 5.80. The Balaban J connectivity index is 1.54. The highest BCUT2D eigenvalue weighted by Crippen LogP contribution is 2.48. The van der Waals surface area contributed by atoms with Crippen LogP contribution in [0.3, 0.4) is 0 Å². The van der Waals surface area contributed by atoms with Crippen molar-refractivity contribution in [1.29, 1.82) is 0 Å². The number of nitrogens with one attached hydrogen (secondary N) is 1. The number of fused-ring (bicyclic) bond motifs is 1. The van der Waals surface area contributed by atoms with Crippen molar-refractivity contribution in [3.8, 4) is 0 Å². The third-order valence-corrected chi connectivity index (χ3v) is 5.34. The number of allylic oxidation sites excluding steroid dienone is 1. The fourth-order valence-corrected chi connectivity index (χ4v) is 3.75. The van der Waals surface area contributed by atoms with Crippen LogP contribution in [0.1, 0.15) is 38.5 Å². The average molecular weight is 336 g/mol. The second kappa shape index (κ2) is 7.66. The van der Waals surface area contributed by atoms with Crippen LogP contribution in [0.2, 0.25) is 0 Å². The normalized spacial score (nSPS) is 26.3. The smallest absolute Gasteiger partial charge is 0.246 e. The van der Waals surface area contributed by atoms with Gasteiger partial charge in [0.2, 0.25) is 11.8 Å². The Kier molecular flexibility index (Phi) is 5.56. The van der Waals surface area contributed by atoms with Crippen LogP contribution in [0, 0.1) is 11.3 Å². The number of piperidine rings is 1. The molecule has 1 N–H and O–H groups in total. The van der Waals surface area contributed by atoms with Crippen molar-refractivity contribution in [2.45, 2.75) is 38.5 Å². The molecule has 134 valence electrons. The summed E-state index contributed by atoms with van der Waals surface area (Å²) in [7, 11) is 1.61. The molecule has 0 bridgehead atoms. The predicted molar refractivity (Wildman–Crippen MR) is 89.1 cm³/mol. The van der Waals surface area contributed by atoms with E-state index in [0.717, 1.165) is 31.5 Å². The molecule has 1 unspecified atom stereocenters. The molecule has 0 aromatic rings. The summed E-state index contributed by atoms with van der Waals surface area (Å²) in [5, 5.41) is 3.01. The second-order valence-corrected chi connectivity index (χ2v) is 7.18. The average Bonchev–Trinajstić information content (AvgIpc) is 3.30. The van der Waals surface area contributed by atoms with Crippen LogP contribution >= 0.6 is 0 Å². The molecule has 1 saturated carbocycles. The fourth-order valence-electron chi connectivity index (χ4n) is 3.75. The third kappa shape index (κ3) is 3.98. The SMILES string of the molecule is COCCOCC(=O)NCC12CCC=C1N(CC1CC1)C(=O)CC2. The van der Waals surface area contributed by atoms with E-state index in [1.165, 1.54) is 12.8 Å². The zero-order valence-electron chi connectivity index (χ0n) is 14.5. The van der Waals surface area contributed by atoms with Gasteiger partial charge >= 0.3 is 0 Å². The molecule has 1 aliphatic heterocycles. The number of amides is 2. The van der Waals surface area contributed by atoms with Crippen LogP contribution in [0.4, 0.5) is 0 Å². The molecule has 0 spiro atoms. The van der Waals surface area contributed by atoms with Crippen molar-refractivity contribution in [2.75, 3.05) is 40.0 Å². The molecular weight excluding hydrogens is 308 g/mol. The minimum atomic E-state index is -0.0997. The summed E-state index contributed by atoms with van der Waals surface area (Å²) in [5.41, 5.74) is 1.09. The maximum Gasteiger partial charge on any atom is 0.246 e. The van der Waals surface area contributed by atoms with Crippen LogP contribution < -0.4 is 5.32 Å². The van der Waals surface area contributed by atoms with E-state index in [0.29, 0.717) is 32.1 Å². The van der Waals surface area contributed by atoms with Gasteiger partial charge in [-0.3, -0.25) is 9.59 Å². The Hall–Kier alpha value is -1.40. The number of carbonyl (C=O) groups is 2. The first kappa shape index (κ1) is 17.4. The maximum atomic E-state index is 12.3. The molecule has 2 amide bonds. The zero-order valence-corrected chi connectivity index (χ0v) is 14.5. The molecule has 0 aromatic carbocycles. The Morgan fingerprint density at radius 1 is 1.38 bits per heavy atom. The van der Waals surface area contributed by atoms with E-state index >= 15 is 0 Å². The van der Waals surface area contributed by atoms with Crippen molar-refractivity contribution in [2.24, 2.45) is 11.3 Å². The molecular formula is C18H28N2O4. The van der Waals surface area contributed by atoms with Crippen molar-refractivity contribution in [3.63, 3.8) is 0 Å². The van der Waals surface area contributed by atoms with Gasteiger partial charge < -0.3 is 19.7 Å². The number of ether oxygens (including phenoxy) is 2. The lowest BCUT2D eigenvalue weighted by molar-refractivity contribution is -0.133. The van der Waals surface area contributed by atoms with Gasteiger partial charge in [0.15, 0.2) is 0 Å². The Bertz CT molecular complexity index is 515. The largest absolute Gasteiger partial charge is 0.382 e. The van der Waals surface area contributed by atoms with Gasteiger partial charge in [-0.05, 0) is 38.0 Å². The number of likely N-dealkylation sites (tertiary alicyclic amines) is 1. The number of rotatable bonds is 9. The minimum Gasteiger partial charge on any atom is -0.382 e. The van der Waals surface area contributed by atoms with E-state index in [1.54, 1.807) is 7.11 Å². The van der Waals surface area contributed by atoms with Crippen LogP contribution in [-0.2, 0) is 19.1 Å². The van der Waals surface area contributed by atoms with Gasteiger partial charge in [0.25, 0.3) is 0 Å². The fraction of sp³-hybridized carbons (Fsp3) is 0.778. The lowest BCUT2D eigenvalue weighted by atomic mass is 9.76. The van der Waals surface area contributed by atoms with Crippen LogP contribution in [0.15, 0.2) is 11.8 Å². The molecule has 3 rings (SSSR count). The molecule has 2 fully saturated rings. The van der Waals surface area contributed by atoms with Gasteiger partial charge in [-0.25, -0.2) is 0 Å². The number of hydrogen-bond acceptors (Lipinski definition) is 4. The van der Waals surface area contributed by atoms with Crippen LogP contribution in [0.5, 0.6) is 0 Å². The predicted octanol–water partition coefficient (Wildman–Crippen LogP) is 1.46. The van der Waals surface area contributed by atoms with E-state index < -0.39 is 0 Å². The number of methoxy groups -OCH3 is 1. The first-order valence-electron chi connectivity index (χ1n) is 8.99. The Labute approximate surface area is 143 Å². The van der Waals surface area contributed by atoms with Crippen LogP contribution in [-0.4, -0.2) is 56.7 Å². The van der Waals surface area contributed by atoms with E-state index in [1.807, 2.05) is 4.90 Å². The summed E-state index contributed by atoms with van der Waals surface area (Å²) in [5.74, 6) is 0.826.